The molecule has 0 aromatic heterocycles. The van der Waals surface area contributed by atoms with Crippen LogP contribution in [0.4, 0.5) is 0 Å². The Morgan fingerprint density at radius 2 is 2.33 bits per heavy atom. The van der Waals surface area contributed by atoms with Crippen LogP contribution in [0.15, 0.2) is 12.2 Å². The van der Waals surface area contributed by atoms with Gasteiger partial charge in [0.15, 0.2) is 5.78 Å². The van der Waals surface area contributed by atoms with E-state index in [1.807, 2.05) is 6.92 Å². The van der Waals surface area contributed by atoms with Crippen LogP contribution in [-0.2, 0) is 9.53 Å². The molecule has 0 fully saturated rings. The van der Waals surface area contributed by atoms with Crippen LogP contribution >= 0.6 is 0 Å². The monoisotopic (exact) mass is 128 g/mol. The average Bonchev–Trinajstić information content (AvgIpc) is 1.85. The summed E-state index contributed by atoms with van der Waals surface area (Å²) in [5.74, 6) is 0.124. The lowest BCUT2D eigenvalue weighted by molar-refractivity contribution is -0.115. The Balaban J connectivity index is 3.27. The first kappa shape index (κ1) is 8.37. The fraction of sp³-hybridized carbons (Fsp3) is 0.571. The van der Waals surface area contributed by atoms with Crippen LogP contribution in [0.2, 0.25) is 0 Å². The van der Waals surface area contributed by atoms with Gasteiger partial charge in [-0.05, 0) is 13.0 Å². The average molecular weight is 128 g/mol. The third-order valence-corrected chi connectivity index (χ3v) is 0.905. The summed E-state index contributed by atoms with van der Waals surface area (Å²) in [6.07, 6.45) is 3.78. The van der Waals surface area contributed by atoms with Crippen LogP contribution in [0.3, 0.4) is 0 Å². The van der Waals surface area contributed by atoms with Crippen molar-refractivity contribution in [3.63, 3.8) is 0 Å². The molecule has 0 radical (unpaired) electrons. The molecule has 0 rings (SSSR count). The zero-order valence-corrected chi connectivity index (χ0v) is 5.89. The lowest BCUT2D eigenvalue weighted by atomic mass is 10.3. The van der Waals surface area contributed by atoms with Gasteiger partial charge in [0.05, 0.1) is 6.61 Å². The van der Waals surface area contributed by atoms with Crippen molar-refractivity contribution in [2.75, 3.05) is 13.7 Å². The predicted octanol–water partition coefficient (Wildman–Crippen LogP) is 1.17. The quantitative estimate of drug-likeness (QED) is 0.531. The molecule has 0 aliphatic heterocycles. The van der Waals surface area contributed by atoms with Gasteiger partial charge in [-0.25, -0.2) is 0 Å². The first-order chi connectivity index (χ1) is 4.31. The Morgan fingerprint density at radius 1 is 1.67 bits per heavy atom. The van der Waals surface area contributed by atoms with Gasteiger partial charge in [0, 0.05) is 13.5 Å². The molecule has 2 nitrogen and oxygen atoms in total. The fourth-order valence-corrected chi connectivity index (χ4v) is 0.472. The number of ketones is 1. The lowest BCUT2D eigenvalue weighted by Gasteiger charge is -1.91. The summed E-state index contributed by atoms with van der Waals surface area (Å²) >= 11 is 0. The molecule has 2 heteroatoms. The largest absolute Gasteiger partial charge is 0.384 e. The molecule has 0 aromatic carbocycles. The Labute approximate surface area is 55.5 Å². The summed E-state index contributed by atoms with van der Waals surface area (Å²) in [4.78, 5) is 10.6. The zero-order valence-electron chi connectivity index (χ0n) is 5.89. The van der Waals surface area contributed by atoms with Gasteiger partial charge < -0.3 is 4.74 Å². The molecule has 0 spiro atoms. The maximum Gasteiger partial charge on any atom is 0.157 e. The molecule has 0 aromatic rings. The van der Waals surface area contributed by atoms with Crippen LogP contribution in [0.1, 0.15) is 13.3 Å². The topological polar surface area (TPSA) is 26.3 Å². The van der Waals surface area contributed by atoms with Crippen LogP contribution in [0, 0.1) is 0 Å². The van der Waals surface area contributed by atoms with Crippen LogP contribution in [0.5, 0.6) is 0 Å². The van der Waals surface area contributed by atoms with Gasteiger partial charge in [-0.3, -0.25) is 4.79 Å². The highest BCUT2D eigenvalue weighted by atomic mass is 16.5. The predicted molar refractivity (Wildman–Crippen MR) is 36.3 cm³/mol. The minimum Gasteiger partial charge on any atom is -0.384 e. The molecule has 0 heterocycles. The smallest absolute Gasteiger partial charge is 0.157 e. The molecular weight excluding hydrogens is 116 g/mol. The van der Waals surface area contributed by atoms with Crippen LogP contribution < -0.4 is 0 Å². The maximum atomic E-state index is 10.6. The third-order valence-electron chi connectivity index (χ3n) is 0.905. The number of rotatable bonds is 4. The van der Waals surface area contributed by atoms with E-state index in [2.05, 4.69) is 0 Å². The third kappa shape index (κ3) is 5.24. The minimum atomic E-state index is 0.124. The van der Waals surface area contributed by atoms with Gasteiger partial charge >= 0.3 is 0 Å². The van der Waals surface area contributed by atoms with Crippen molar-refractivity contribution >= 4 is 5.78 Å². The van der Waals surface area contributed by atoms with E-state index < -0.39 is 0 Å². The first-order valence-electron chi connectivity index (χ1n) is 2.95. The lowest BCUT2D eigenvalue weighted by Crippen LogP contribution is -1.97. The maximum absolute atomic E-state index is 10.6. The van der Waals surface area contributed by atoms with Crippen LogP contribution in [0.25, 0.3) is 0 Å². The molecule has 0 amide bonds. The van der Waals surface area contributed by atoms with Gasteiger partial charge in [-0.1, -0.05) is 6.08 Å². The van der Waals surface area contributed by atoms with Crippen molar-refractivity contribution in [2.24, 2.45) is 0 Å². The van der Waals surface area contributed by atoms with Gasteiger partial charge in [0.2, 0.25) is 0 Å². The summed E-state index contributed by atoms with van der Waals surface area (Å²) in [5.41, 5.74) is 0. The fourth-order valence-electron chi connectivity index (χ4n) is 0.472. The van der Waals surface area contributed by atoms with Gasteiger partial charge in [-0.2, -0.15) is 0 Å². The normalized spacial score (nSPS) is 10.4. The number of hydrogen-bond donors (Lipinski definition) is 0. The summed E-state index contributed by atoms with van der Waals surface area (Å²) in [6, 6.07) is 0. The molecule has 9 heavy (non-hydrogen) atoms. The van der Waals surface area contributed by atoms with E-state index in [0.717, 1.165) is 0 Å². The van der Waals surface area contributed by atoms with Crippen molar-refractivity contribution in [2.45, 2.75) is 13.3 Å². The molecule has 0 atom stereocenters. The van der Waals surface area contributed by atoms with Crippen molar-refractivity contribution in [3.8, 4) is 0 Å². The Bertz CT molecular complexity index is 105. The number of ether oxygens (including phenoxy) is 1. The molecule has 0 unspecified atom stereocenters. The van der Waals surface area contributed by atoms with E-state index in [9.17, 15) is 4.79 Å². The Kier molecular flexibility index (Phi) is 5.12. The summed E-state index contributed by atoms with van der Waals surface area (Å²) in [6.45, 7) is 2.34. The molecule has 52 valence electrons. The van der Waals surface area contributed by atoms with E-state index in [-0.39, 0.29) is 5.78 Å². The van der Waals surface area contributed by atoms with Crippen molar-refractivity contribution < 1.29 is 9.53 Å². The summed E-state index contributed by atoms with van der Waals surface area (Å²) < 4.78 is 4.70. The summed E-state index contributed by atoms with van der Waals surface area (Å²) in [5, 5.41) is 0. The highest BCUT2D eigenvalue weighted by Gasteiger charge is 1.92. The van der Waals surface area contributed by atoms with Crippen molar-refractivity contribution in [3.05, 3.63) is 12.2 Å². The molecule has 0 bridgehead atoms. The van der Waals surface area contributed by atoms with E-state index in [0.29, 0.717) is 13.0 Å². The Hall–Kier alpha value is -0.630. The highest BCUT2D eigenvalue weighted by molar-refractivity contribution is 5.89. The van der Waals surface area contributed by atoms with Crippen LogP contribution in [-0.4, -0.2) is 19.5 Å². The zero-order chi connectivity index (χ0) is 7.11. The first-order valence-corrected chi connectivity index (χ1v) is 2.95. The highest BCUT2D eigenvalue weighted by Crippen LogP contribution is 1.84. The number of allylic oxidation sites excluding steroid dienone is 2. The van der Waals surface area contributed by atoms with E-state index in [1.165, 1.54) is 0 Å². The molecule has 0 aliphatic carbocycles. The second kappa shape index (κ2) is 5.51. The van der Waals surface area contributed by atoms with E-state index in [4.69, 9.17) is 4.74 Å². The van der Waals surface area contributed by atoms with Gasteiger partial charge in [-0.15, -0.1) is 0 Å². The van der Waals surface area contributed by atoms with Crippen molar-refractivity contribution in [1.29, 1.82) is 0 Å². The van der Waals surface area contributed by atoms with Gasteiger partial charge in [0.25, 0.3) is 0 Å². The Morgan fingerprint density at radius 3 is 2.78 bits per heavy atom. The SMILES string of the molecule is CC=CC(=O)CCOC. The number of carbonyl (C=O) groups excluding carboxylic acids is 1. The second-order valence-corrected chi connectivity index (χ2v) is 1.71. The molecule has 0 saturated carbocycles. The van der Waals surface area contributed by atoms with E-state index in [1.54, 1.807) is 19.3 Å². The number of methoxy groups -OCH3 is 1. The molecule has 0 N–H and O–H groups in total. The number of carbonyl (C=O) groups is 1. The minimum absolute atomic E-state index is 0.124. The second-order valence-electron chi connectivity index (χ2n) is 1.71. The standard InChI is InChI=1S/C7H12O2/c1-3-4-7(8)5-6-9-2/h3-4H,5-6H2,1-2H3. The van der Waals surface area contributed by atoms with Gasteiger partial charge in [0.1, 0.15) is 0 Å². The summed E-state index contributed by atoms with van der Waals surface area (Å²) in [7, 11) is 1.59. The van der Waals surface area contributed by atoms with Crippen molar-refractivity contribution in [1.82, 2.24) is 0 Å². The molecular formula is C7H12O2. The van der Waals surface area contributed by atoms with E-state index >= 15 is 0 Å². The number of hydrogen-bond acceptors (Lipinski definition) is 2. The molecule has 0 aliphatic rings. The molecule has 0 saturated heterocycles.